The topological polar surface area (TPSA) is 106 Å². The SMILES string of the molecule is C=NC(=CC=C(C)NC(=O)c1cccc(OC(F)(F)F)c1)N1CCC(COC2C=CC=C(C(N)=O)C2)CC1. The monoisotopic (exact) mass is 532 g/mol. The van der Waals surface area contributed by atoms with Crippen LogP contribution in [0.3, 0.4) is 0 Å². The first-order valence-corrected chi connectivity index (χ1v) is 12.1. The fraction of sp³-hybridized carbons (Fsp3) is 0.370. The van der Waals surface area contributed by atoms with Gasteiger partial charge in [-0.2, -0.15) is 0 Å². The van der Waals surface area contributed by atoms with Gasteiger partial charge in [-0.15, -0.1) is 13.2 Å². The molecule has 1 aromatic rings. The fourth-order valence-corrected chi connectivity index (χ4v) is 4.12. The van der Waals surface area contributed by atoms with E-state index in [0.717, 1.165) is 38.1 Å². The van der Waals surface area contributed by atoms with Gasteiger partial charge in [0.15, 0.2) is 0 Å². The van der Waals surface area contributed by atoms with Crippen LogP contribution in [0.4, 0.5) is 13.2 Å². The lowest BCUT2D eigenvalue weighted by atomic mass is 9.97. The number of nitrogens with one attached hydrogen (secondary N) is 1. The molecule has 0 radical (unpaired) electrons. The maximum atomic E-state index is 12.5. The van der Waals surface area contributed by atoms with E-state index < -0.39 is 23.9 Å². The number of piperidine rings is 1. The Bertz CT molecular complexity index is 1150. The Morgan fingerprint density at radius 2 is 2.00 bits per heavy atom. The number of nitrogens with zero attached hydrogens (tertiary/aromatic N) is 2. The molecule has 38 heavy (non-hydrogen) atoms. The summed E-state index contributed by atoms with van der Waals surface area (Å²) in [6, 6.07) is 4.85. The van der Waals surface area contributed by atoms with Gasteiger partial charge in [-0.3, -0.25) is 9.59 Å². The van der Waals surface area contributed by atoms with Crippen LogP contribution in [0.15, 0.2) is 76.7 Å². The van der Waals surface area contributed by atoms with Crippen LogP contribution in [0.2, 0.25) is 0 Å². The third-order valence-corrected chi connectivity index (χ3v) is 6.13. The van der Waals surface area contributed by atoms with E-state index in [-0.39, 0.29) is 11.7 Å². The van der Waals surface area contributed by atoms with Gasteiger partial charge in [0, 0.05) is 36.3 Å². The molecule has 0 saturated carbocycles. The van der Waals surface area contributed by atoms with Gasteiger partial charge < -0.3 is 25.4 Å². The normalized spacial score (nSPS) is 19.1. The molecule has 8 nitrogen and oxygen atoms in total. The molecule has 1 atom stereocenters. The number of aliphatic imine (C=N–C) groups is 1. The molecule has 2 aliphatic rings. The molecule has 3 rings (SSSR count). The lowest BCUT2D eigenvalue weighted by Crippen LogP contribution is -2.35. The number of halogens is 3. The van der Waals surface area contributed by atoms with Crippen molar-refractivity contribution in [2.45, 2.75) is 38.7 Å². The number of carbonyl (C=O) groups excluding carboxylic acids is 2. The molecule has 1 unspecified atom stereocenters. The van der Waals surface area contributed by atoms with Crippen molar-refractivity contribution in [3.05, 3.63) is 77.3 Å². The first kappa shape index (κ1) is 28.7. The Labute approximate surface area is 219 Å². The molecule has 1 aromatic carbocycles. The van der Waals surface area contributed by atoms with Crippen molar-refractivity contribution in [1.29, 1.82) is 0 Å². The Hall–Kier alpha value is -3.86. The second-order valence-electron chi connectivity index (χ2n) is 9.01. The number of nitrogens with two attached hydrogens (primary N) is 1. The summed E-state index contributed by atoms with van der Waals surface area (Å²) in [4.78, 5) is 30.0. The molecule has 1 aliphatic heterocycles. The summed E-state index contributed by atoms with van der Waals surface area (Å²) in [6.45, 7) is 7.37. The lowest BCUT2D eigenvalue weighted by Gasteiger charge is -2.34. The highest BCUT2D eigenvalue weighted by atomic mass is 19.4. The molecule has 204 valence electrons. The molecule has 3 N–H and O–H groups in total. The minimum atomic E-state index is -4.84. The Morgan fingerprint density at radius 1 is 1.26 bits per heavy atom. The molecular formula is C27H31F3N4O4. The van der Waals surface area contributed by atoms with Crippen molar-refractivity contribution in [2.75, 3.05) is 19.7 Å². The van der Waals surface area contributed by atoms with E-state index in [1.807, 2.05) is 6.08 Å². The minimum Gasteiger partial charge on any atom is -0.406 e. The third-order valence-electron chi connectivity index (χ3n) is 6.13. The standard InChI is InChI=1S/C27H31F3N4O4/c1-18(33-26(36)21-6-4-8-23(16-21)38-27(28,29)30)9-10-24(32-2)34-13-11-19(12-14-34)17-37-22-7-3-5-20(15-22)25(31)35/h3-10,16,19,22H,2,11-15,17H2,1H3,(H2,31,35)(H,33,36). The number of primary amides is 1. The van der Waals surface area contributed by atoms with Gasteiger partial charge >= 0.3 is 6.36 Å². The maximum Gasteiger partial charge on any atom is 0.573 e. The van der Waals surface area contributed by atoms with E-state index in [1.165, 1.54) is 12.1 Å². The number of ether oxygens (including phenoxy) is 2. The number of benzene rings is 1. The number of carbonyl (C=O) groups is 2. The molecule has 1 saturated heterocycles. The summed E-state index contributed by atoms with van der Waals surface area (Å²) in [5.41, 5.74) is 6.42. The van der Waals surface area contributed by atoms with Crippen molar-refractivity contribution in [1.82, 2.24) is 10.2 Å². The smallest absolute Gasteiger partial charge is 0.406 e. The van der Waals surface area contributed by atoms with Gasteiger partial charge in [0.25, 0.3) is 5.91 Å². The number of allylic oxidation sites excluding steroid dienone is 5. The lowest BCUT2D eigenvalue weighted by molar-refractivity contribution is -0.274. The van der Waals surface area contributed by atoms with Gasteiger partial charge in [0.2, 0.25) is 5.91 Å². The number of amides is 2. The molecule has 2 amide bonds. The highest BCUT2D eigenvalue weighted by molar-refractivity contribution is 5.95. The number of rotatable bonds is 10. The maximum absolute atomic E-state index is 12.5. The highest BCUT2D eigenvalue weighted by Gasteiger charge is 2.31. The molecule has 1 heterocycles. The number of hydrogen-bond donors (Lipinski definition) is 2. The number of alkyl halides is 3. The average molecular weight is 533 g/mol. The molecule has 11 heteroatoms. The van der Waals surface area contributed by atoms with E-state index >= 15 is 0 Å². The van der Waals surface area contributed by atoms with Crippen molar-refractivity contribution in [3.8, 4) is 5.75 Å². The van der Waals surface area contributed by atoms with Crippen molar-refractivity contribution in [3.63, 3.8) is 0 Å². The van der Waals surface area contributed by atoms with Crippen LogP contribution in [-0.4, -0.2) is 55.6 Å². The first-order chi connectivity index (χ1) is 18.0. The van der Waals surface area contributed by atoms with E-state index in [9.17, 15) is 22.8 Å². The van der Waals surface area contributed by atoms with Gasteiger partial charge in [-0.25, -0.2) is 4.99 Å². The zero-order chi connectivity index (χ0) is 27.7. The molecule has 0 aromatic heterocycles. The largest absolute Gasteiger partial charge is 0.573 e. The molecule has 1 fully saturated rings. The van der Waals surface area contributed by atoms with Crippen LogP contribution in [0.1, 0.15) is 36.5 Å². The summed E-state index contributed by atoms with van der Waals surface area (Å²) in [7, 11) is 0. The number of likely N-dealkylation sites (tertiary alicyclic amines) is 1. The van der Waals surface area contributed by atoms with Gasteiger partial charge in [0.05, 0.1) is 12.7 Å². The summed E-state index contributed by atoms with van der Waals surface area (Å²) in [5.74, 6) is -0.464. The predicted molar refractivity (Wildman–Crippen MR) is 137 cm³/mol. The van der Waals surface area contributed by atoms with Crippen molar-refractivity contribution < 1.29 is 32.2 Å². The van der Waals surface area contributed by atoms with Crippen LogP contribution in [0.5, 0.6) is 5.75 Å². The fourth-order valence-electron chi connectivity index (χ4n) is 4.12. The molecule has 0 spiro atoms. The van der Waals surface area contributed by atoms with E-state index in [4.69, 9.17) is 10.5 Å². The summed E-state index contributed by atoms with van der Waals surface area (Å²) in [6.07, 6.45) is 6.07. The average Bonchev–Trinajstić information content (AvgIpc) is 2.87. The highest BCUT2D eigenvalue weighted by Crippen LogP contribution is 2.25. The zero-order valence-corrected chi connectivity index (χ0v) is 21.0. The minimum absolute atomic E-state index is 0.0282. The predicted octanol–water partition coefficient (Wildman–Crippen LogP) is 4.23. The van der Waals surface area contributed by atoms with Crippen molar-refractivity contribution in [2.24, 2.45) is 16.6 Å². The van der Waals surface area contributed by atoms with Gasteiger partial charge in [-0.1, -0.05) is 24.3 Å². The van der Waals surface area contributed by atoms with Gasteiger partial charge in [0.1, 0.15) is 11.6 Å². The molecular weight excluding hydrogens is 501 g/mol. The first-order valence-electron chi connectivity index (χ1n) is 12.1. The number of hydrogen-bond acceptors (Lipinski definition) is 6. The molecule has 0 bridgehead atoms. The van der Waals surface area contributed by atoms with E-state index in [0.29, 0.717) is 36.0 Å². The van der Waals surface area contributed by atoms with E-state index in [1.54, 1.807) is 31.2 Å². The molecule has 1 aliphatic carbocycles. The van der Waals surface area contributed by atoms with E-state index in [2.05, 4.69) is 26.7 Å². The van der Waals surface area contributed by atoms with Crippen LogP contribution < -0.4 is 15.8 Å². The zero-order valence-electron chi connectivity index (χ0n) is 21.0. The van der Waals surface area contributed by atoms with Crippen LogP contribution in [0, 0.1) is 5.92 Å². The van der Waals surface area contributed by atoms with Crippen LogP contribution in [-0.2, 0) is 9.53 Å². The third kappa shape index (κ3) is 8.91. The quantitative estimate of drug-likeness (QED) is 0.347. The summed E-state index contributed by atoms with van der Waals surface area (Å²) in [5, 5.41) is 2.64. The van der Waals surface area contributed by atoms with Gasteiger partial charge in [-0.05, 0) is 62.8 Å². The Morgan fingerprint density at radius 3 is 2.66 bits per heavy atom. The second kappa shape index (κ2) is 13.1. The Kier molecular flexibility index (Phi) is 9.89. The summed E-state index contributed by atoms with van der Waals surface area (Å²) >= 11 is 0. The Balaban J connectivity index is 1.49. The van der Waals surface area contributed by atoms with Crippen LogP contribution >= 0.6 is 0 Å². The summed E-state index contributed by atoms with van der Waals surface area (Å²) < 4.78 is 47.2. The van der Waals surface area contributed by atoms with Crippen LogP contribution in [0.25, 0.3) is 0 Å². The second-order valence-corrected chi connectivity index (χ2v) is 9.01. The van der Waals surface area contributed by atoms with Crippen molar-refractivity contribution >= 4 is 18.5 Å².